The molecule has 1 amide bonds. The zero-order valence-electron chi connectivity index (χ0n) is 27.3. The second kappa shape index (κ2) is 17.2. The molecule has 2 fully saturated rings. The van der Waals surface area contributed by atoms with Crippen molar-refractivity contribution in [3.8, 4) is 22.6 Å². The Balaban J connectivity index is 1.12. The molecule has 0 bridgehead atoms. The van der Waals surface area contributed by atoms with E-state index in [0.29, 0.717) is 44.1 Å². The van der Waals surface area contributed by atoms with Crippen molar-refractivity contribution in [2.75, 3.05) is 38.7 Å². The minimum absolute atomic E-state index is 0.0275. The van der Waals surface area contributed by atoms with Gasteiger partial charge in [-0.15, -0.1) is 0 Å². The minimum Gasteiger partial charge on any atom is -0.497 e. The first-order chi connectivity index (χ1) is 22.9. The van der Waals surface area contributed by atoms with Gasteiger partial charge >= 0.3 is 5.97 Å². The van der Waals surface area contributed by atoms with Crippen molar-refractivity contribution in [3.63, 3.8) is 0 Å². The Labute approximate surface area is 277 Å². The number of amides is 1. The summed E-state index contributed by atoms with van der Waals surface area (Å²) in [6.45, 7) is 4.90. The maximum Gasteiger partial charge on any atom is 0.311 e. The van der Waals surface area contributed by atoms with Crippen molar-refractivity contribution in [2.45, 2.75) is 63.9 Å². The first-order valence-corrected chi connectivity index (χ1v) is 16.5. The number of hydrogen-bond acceptors (Lipinski definition) is 8. The highest BCUT2D eigenvalue weighted by molar-refractivity contribution is 5.88. The van der Waals surface area contributed by atoms with E-state index in [4.69, 9.17) is 18.9 Å². The van der Waals surface area contributed by atoms with Crippen molar-refractivity contribution >= 4 is 17.6 Å². The number of allylic oxidation sites excluding steroid dienone is 2. The number of hydrogen-bond donors (Lipinski definition) is 2. The Morgan fingerprint density at radius 3 is 2.43 bits per heavy atom. The second-order valence-corrected chi connectivity index (χ2v) is 12.2. The van der Waals surface area contributed by atoms with Gasteiger partial charge in [-0.3, -0.25) is 14.5 Å². The molecule has 0 aromatic heterocycles. The average Bonchev–Trinajstić information content (AvgIpc) is 3.40. The molecule has 3 aromatic carbocycles. The van der Waals surface area contributed by atoms with Crippen LogP contribution in [0.5, 0.6) is 11.5 Å². The number of benzene rings is 3. The molecular formula is C38H46N2O7. The van der Waals surface area contributed by atoms with E-state index in [2.05, 4.69) is 46.6 Å². The van der Waals surface area contributed by atoms with Crippen LogP contribution in [0.2, 0.25) is 0 Å². The molecule has 2 aliphatic rings. The molecule has 9 heteroatoms. The number of ether oxygens (including phenoxy) is 4. The Kier molecular flexibility index (Phi) is 12.6. The minimum atomic E-state index is -0.454. The van der Waals surface area contributed by atoms with Gasteiger partial charge in [0, 0.05) is 50.5 Å². The molecule has 3 aromatic rings. The molecule has 0 radical (unpaired) electrons. The number of nitrogens with zero attached hydrogens (tertiary/aromatic N) is 1. The molecule has 1 aliphatic carbocycles. The third-order valence-electron chi connectivity index (χ3n) is 8.83. The lowest BCUT2D eigenvalue weighted by atomic mass is 9.93. The van der Waals surface area contributed by atoms with Crippen molar-refractivity contribution < 1.29 is 33.6 Å². The van der Waals surface area contributed by atoms with Crippen LogP contribution in [0.3, 0.4) is 0 Å². The monoisotopic (exact) mass is 642 g/mol. The van der Waals surface area contributed by atoms with Crippen LogP contribution in [0.15, 0.2) is 84.9 Å². The summed E-state index contributed by atoms with van der Waals surface area (Å²) >= 11 is 0. The van der Waals surface area contributed by atoms with E-state index >= 15 is 0 Å². The van der Waals surface area contributed by atoms with Crippen LogP contribution in [0.1, 0.15) is 44.6 Å². The second-order valence-electron chi connectivity index (χ2n) is 12.2. The zero-order chi connectivity index (χ0) is 33.0. The standard InChI is InChI=1S/C38H46N2O7/c1-27(41)39-31-16-18-32(19-17-31)47-37(43)11-6-4-3-5-10-34-36(25-35(42)38(34)40-20-22-45-23-21-40)46-26-28-12-14-29(15-13-28)30-8-7-9-33(24-30)44-2/h3-4,7-9,12-19,24,34-36,38,42H,5-6,10-11,20-23,25-26H2,1-2H3,(H,39,41)/t34-,35+,36-,38+/m1/s1. The van der Waals surface area contributed by atoms with E-state index < -0.39 is 6.10 Å². The highest BCUT2D eigenvalue weighted by Crippen LogP contribution is 2.37. The Morgan fingerprint density at radius 2 is 1.70 bits per heavy atom. The predicted octanol–water partition coefficient (Wildman–Crippen LogP) is 6.01. The lowest BCUT2D eigenvalue weighted by Crippen LogP contribution is -2.50. The van der Waals surface area contributed by atoms with E-state index in [1.807, 2.05) is 24.3 Å². The van der Waals surface area contributed by atoms with Crippen LogP contribution in [0.4, 0.5) is 5.69 Å². The number of aliphatic hydroxyl groups is 1. The highest BCUT2D eigenvalue weighted by Gasteiger charge is 2.45. The van der Waals surface area contributed by atoms with E-state index in [9.17, 15) is 14.7 Å². The molecular weight excluding hydrogens is 596 g/mol. The topological polar surface area (TPSA) is 107 Å². The number of methoxy groups -OCH3 is 1. The summed E-state index contributed by atoms with van der Waals surface area (Å²) in [6, 6.07) is 23.2. The number of aliphatic hydroxyl groups excluding tert-OH is 1. The molecule has 1 saturated heterocycles. The summed E-state index contributed by atoms with van der Waals surface area (Å²) in [7, 11) is 1.67. The molecule has 1 aliphatic heterocycles. The fraction of sp³-hybridized carbons (Fsp3) is 0.421. The van der Waals surface area contributed by atoms with Gasteiger partial charge in [-0.2, -0.15) is 0 Å². The number of esters is 1. The third kappa shape index (κ3) is 9.98. The van der Waals surface area contributed by atoms with Crippen molar-refractivity contribution in [3.05, 3.63) is 90.5 Å². The van der Waals surface area contributed by atoms with Gasteiger partial charge in [0.1, 0.15) is 11.5 Å². The fourth-order valence-electron chi connectivity index (χ4n) is 6.51. The van der Waals surface area contributed by atoms with Crippen molar-refractivity contribution in [1.82, 2.24) is 4.90 Å². The third-order valence-corrected chi connectivity index (χ3v) is 8.83. The molecule has 4 atom stereocenters. The summed E-state index contributed by atoms with van der Waals surface area (Å²) in [6.07, 6.45) is 6.78. The average molecular weight is 643 g/mol. The van der Waals surface area contributed by atoms with Gasteiger partial charge in [0.15, 0.2) is 0 Å². The van der Waals surface area contributed by atoms with Crippen LogP contribution in [-0.4, -0.2) is 73.5 Å². The maximum absolute atomic E-state index is 12.3. The summed E-state index contributed by atoms with van der Waals surface area (Å²) in [5, 5.41) is 13.9. The zero-order valence-corrected chi connectivity index (χ0v) is 27.3. The molecule has 1 heterocycles. The van der Waals surface area contributed by atoms with E-state index in [-0.39, 0.29) is 36.4 Å². The van der Waals surface area contributed by atoms with Gasteiger partial charge in [0.05, 0.1) is 39.1 Å². The summed E-state index contributed by atoms with van der Waals surface area (Å²) in [5.74, 6) is 0.988. The number of rotatable bonds is 14. The molecule has 2 N–H and O–H groups in total. The fourth-order valence-corrected chi connectivity index (χ4v) is 6.51. The Bertz CT molecular complexity index is 1470. The molecule has 47 heavy (non-hydrogen) atoms. The summed E-state index contributed by atoms with van der Waals surface area (Å²) in [5.41, 5.74) is 3.96. The van der Waals surface area contributed by atoms with Gasteiger partial charge in [0.25, 0.3) is 0 Å². The molecule has 0 unspecified atom stereocenters. The largest absolute Gasteiger partial charge is 0.497 e. The van der Waals surface area contributed by atoms with Gasteiger partial charge in [-0.05, 0) is 72.4 Å². The van der Waals surface area contributed by atoms with E-state index in [1.54, 1.807) is 31.4 Å². The van der Waals surface area contributed by atoms with Crippen LogP contribution >= 0.6 is 0 Å². The number of morpholine rings is 1. The molecule has 9 nitrogen and oxygen atoms in total. The lowest BCUT2D eigenvalue weighted by molar-refractivity contribution is -0.134. The van der Waals surface area contributed by atoms with Crippen molar-refractivity contribution in [2.24, 2.45) is 5.92 Å². The summed E-state index contributed by atoms with van der Waals surface area (Å²) in [4.78, 5) is 25.9. The molecule has 5 rings (SSSR count). The SMILES string of the molecule is COc1cccc(-c2ccc(CO[C@@H]3C[C@H](O)[C@@H](N4CCOCC4)[C@@H]3CCC=CCCC(=O)Oc3ccc(NC(C)=O)cc3)cc2)c1. The van der Waals surface area contributed by atoms with Gasteiger partial charge < -0.3 is 29.4 Å². The quantitative estimate of drug-likeness (QED) is 0.125. The number of carbonyl (C=O) groups excluding carboxylic acids is 2. The van der Waals surface area contributed by atoms with Crippen LogP contribution < -0.4 is 14.8 Å². The first-order valence-electron chi connectivity index (χ1n) is 16.5. The highest BCUT2D eigenvalue weighted by atomic mass is 16.5. The Hall–Kier alpha value is -4.02. The van der Waals surface area contributed by atoms with Gasteiger partial charge in [-0.25, -0.2) is 0 Å². The summed E-state index contributed by atoms with van der Waals surface area (Å²) < 4.78 is 22.9. The normalized spacial score (nSPS) is 21.5. The molecule has 0 spiro atoms. The predicted molar refractivity (Wildman–Crippen MR) is 181 cm³/mol. The van der Waals surface area contributed by atoms with Crippen molar-refractivity contribution in [1.29, 1.82) is 0 Å². The Morgan fingerprint density at radius 1 is 0.957 bits per heavy atom. The molecule has 250 valence electrons. The van der Waals surface area contributed by atoms with E-state index in [0.717, 1.165) is 48.4 Å². The van der Waals surface area contributed by atoms with Crippen LogP contribution in [-0.2, 0) is 25.7 Å². The number of nitrogens with one attached hydrogen (secondary N) is 1. The molecule has 1 saturated carbocycles. The first kappa shape index (κ1) is 34.3. The smallest absolute Gasteiger partial charge is 0.311 e. The van der Waals surface area contributed by atoms with Gasteiger partial charge in [-0.1, -0.05) is 48.6 Å². The van der Waals surface area contributed by atoms with Gasteiger partial charge in [0.2, 0.25) is 5.91 Å². The van der Waals surface area contributed by atoms with Crippen LogP contribution in [0.25, 0.3) is 11.1 Å². The lowest BCUT2D eigenvalue weighted by Gasteiger charge is -2.38. The number of anilines is 1. The number of carbonyl (C=O) groups is 2. The van der Waals surface area contributed by atoms with Crippen LogP contribution in [0, 0.1) is 5.92 Å². The maximum atomic E-state index is 12.3. The van der Waals surface area contributed by atoms with E-state index in [1.165, 1.54) is 6.92 Å².